The van der Waals surface area contributed by atoms with Gasteiger partial charge in [-0.3, -0.25) is 9.11 Å². The van der Waals surface area contributed by atoms with Gasteiger partial charge in [0.15, 0.2) is 0 Å². The second-order valence-corrected chi connectivity index (χ2v) is 3.94. The number of aliphatic hydroxyl groups excluding tert-OH is 2. The summed E-state index contributed by atoms with van der Waals surface area (Å²) in [5.74, 6) is 0. The zero-order valence-electron chi connectivity index (χ0n) is 11.0. The number of aliphatic hydroxyl groups is 2. The first-order valence-corrected chi connectivity index (χ1v) is 6.60. The molecule has 0 radical (unpaired) electrons. The molecule has 0 aliphatic rings. The first-order valence-electron chi connectivity index (χ1n) is 5.20. The number of hydrogen-bond donors (Lipinski definition) is 6. The van der Waals surface area contributed by atoms with Crippen molar-refractivity contribution >= 4 is 10.4 Å². The lowest BCUT2D eigenvalue weighted by Crippen LogP contribution is -2.20. The molecule has 0 amide bonds. The summed E-state index contributed by atoms with van der Waals surface area (Å²) in [6.45, 7) is 4.18. The minimum Gasteiger partial charge on any atom is -0.394 e. The van der Waals surface area contributed by atoms with Crippen LogP contribution in [0.5, 0.6) is 0 Å². The average Bonchev–Trinajstić information content (AvgIpc) is 2.22. The maximum atomic E-state index is 8.74. The molecular weight excluding hydrogens is 284 g/mol. The minimum absolute atomic E-state index is 0.0432. The van der Waals surface area contributed by atoms with Crippen molar-refractivity contribution in [3.8, 4) is 0 Å². The number of nitrogens with two attached hydrogens (primary N) is 2. The Kier molecular flexibility index (Phi) is 19.6. The van der Waals surface area contributed by atoms with E-state index in [2.05, 4.69) is 0 Å². The van der Waals surface area contributed by atoms with Crippen LogP contribution in [0.1, 0.15) is 13.8 Å². The summed E-state index contributed by atoms with van der Waals surface area (Å²) in [6, 6.07) is 0. The van der Waals surface area contributed by atoms with Gasteiger partial charge in [-0.15, -0.1) is 0 Å². The van der Waals surface area contributed by atoms with Crippen LogP contribution in [0, 0.1) is 0 Å². The normalized spacial score (nSPS) is 13.5. The molecule has 0 aromatic rings. The third kappa shape index (κ3) is 74.0. The van der Waals surface area contributed by atoms with Gasteiger partial charge in [0.2, 0.25) is 0 Å². The smallest absolute Gasteiger partial charge is 0.394 e. The zero-order valence-corrected chi connectivity index (χ0v) is 11.8. The predicted octanol–water partition coefficient (Wildman–Crippen LogP) is -2.05. The van der Waals surface area contributed by atoms with Crippen molar-refractivity contribution in [2.75, 3.05) is 26.4 Å². The molecule has 120 valence electrons. The number of rotatable bonds is 6. The second kappa shape index (κ2) is 15.7. The molecule has 0 saturated heterocycles. The van der Waals surface area contributed by atoms with E-state index < -0.39 is 10.4 Å². The van der Waals surface area contributed by atoms with Crippen molar-refractivity contribution in [2.24, 2.45) is 11.5 Å². The third-order valence-electron chi connectivity index (χ3n) is 0.944. The maximum absolute atomic E-state index is 8.74. The van der Waals surface area contributed by atoms with E-state index in [-0.39, 0.29) is 25.7 Å². The van der Waals surface area contributed by atoms with Crippen LogP contribution in [0.3, 0.4) is 0 Å². The number of hydrogen-bond acceptors (Lipinski definition) is 8. The van der Waals surface area contributed by atoms with Crippen molar-refractivity contribution in [3.05, 3.63) is 0 Å². The average molecular weight is 308 g/mol. The Balaban J connectivity index is -0.000000206. The molecule has 0 aliphatic carbocycles. The molecule has 0 bridgehead atoms. The molecule has 8 N–H and O–H groups in total. The van der Waals surface area contributed by atoms with Gasteiger partial charge in [-0.05, 0) is 13.8 Å². The van der Waals surface area contributed by atoms with Gasteiger partial charge in [0.25, 0.3) is 0 Å². The monoisotopic (exact) mass is 308 g/mol. The van der Waals surface area contributed by atoms with E-state index in [1.807, 2.05) is 0 Å². The Labute approximate surface area is 112 Å². The van der Waals surface area contributed by atoms with Gasteiger partial charge in [0.1, 0.15) is 12.5 Å². The molecule has 2 atom stereocenters. The fraction of sp³-hybridized carbons (Fsp3) is 1.00. The lowest BCUT2D eigenvalue weighted by atomic mass is 10.7. The molecule has 0 saturated carbocycles. The molecule has 0 aromatic carbocycles. The molecule has 11 heteroatoms. The van der Waals surface area contributed by atoms with Gasteiger partial charge in [-0.25, -0.2) is 0 Å². The van der Waals surface area contributed by atoms with Crippen LogP contribution in [0.4, 0.5) is 0 Å². The Hall–Kier alpha value is -0.370. The van der Waals surface area contributed by atoms with Crippen molar-refractivity contribution in [1.29, 1.82) is 0 Å². The van der Waals surface area contributed by atoms with Crippen molar-refractivity contribution in [1.82, 2.24) is 0 Å². The summed E-state index contributed by atoms with van der Waals surface area (Å²) in [5.41, 5.74) is 10.3. The molecular formula is C8H24N2O8S. The van der Waals surface area contributed by atoms with Crippen molar-refractivity contribution in [3.63, 3.8) is 0 Å². The molecule has 0 aromatic heterocycles. The highest BCUT2D eigenvalue weighted by Gasteiger charge is 1.88. The van der Waals surface area contributed by atoms with Crippen LogP contribution in [0.15, 0.2) is 0 Å². The topological polar surface area (TPSA) is 186 Å². The van der Waals surface area contributed by atoms with E-state index in [4.69, 9.17) is 48.7 Å². The van der Waals surface area contributed by atoms with Crippen molar-refractivity contribution < 1.29 is 37.2 Å². The molecule has 0 fully saturated rings. The lowest BCUT2D eigenvalue weighted by Gasteiger charge is -2.02. The molecule has 10 nitrogen and oxygen atoms in total. The molecule has 0 heterocycles. The van der Waals surface area contributed by atoms with Crippen molar-refractivity contribution in [2.45, 2.75) is 26.3 Å². The molecule has 19 heavy (non-hydrogen) atoms. The van der Waals surface area contributed by atoms with E-state index >= 15 is 0 Å². The molecule has 2 unspecified atom stereocenters. The van der Waals surface area contributed by atoms with Crippen LogP contribution in [0.25, 0.3) is 0 Å². The van der Waals surface area contributed by atoms with Gasteiger partial charge in [-0.2, -0.15) is 8.42 Å². The van der Waals surface area contributed by atoms with E-state index in [0.29, 0.717) is 13.2 Å². The van der Waals surface area contributed by atoms with E-state index in [1.165, 1.54) is 0 Å². The fourth-order valence-corrected chi connectivity index (χ4v) is 0.477. The fourth-order valence-electron chi connectivity index (χ4n) is 0.477. The van der Waals surface area contributed by atoms with Gasteiger partial charge in [-0.1, -0.05) is 0 Å². The summed E-state index contributed by atoms with van der Waals surface area (Å²) in [5, 5.41) is 16.3. The summed E-state index contributed by atoms with van der Waals surface area (Å²) in [4.78, 5) is 0. The van der Waals surface area contributed by atoms with Crippen LogP contribution >= 0.6 is 0 Å². The zero-order chi connectivity index (χ0) is 15.9. The third-order valence-corrected chi connectivity index (χ3v) is 0.944. The molecule has 0 spiro atoms. The summed E-state index contributed by atoms with van der Waals surface area (Å²) in [6.07, 6.45) is -0.515. The Morgan fingerprint density at radius 3 is 1.21 bits per heavy atom. The predicted molar refractivity (Wildman–Crippen MR) is 67.6 cm³/mol. The first-order chi connectivity index (χ1) is 8.54. The highest BCUT2D eigenvalue weighted by atomic mass is 32.3. The van der Waals surface area contributed by atoms with Crippen LogP contribution in [0.2, 0.25) is 0 Å². The SMILES string of the molecule is CC(N)OCCO.CC(N)OCCO.O=S(=O)(O)O. The summed E-state index contributed by atoms with van der Waals surface area (Å²) >= 11 is 0. The van der Waals surface area contributed by atoms with E-state index in [0.717, 1.165) is 0 Å². The minimum atomic E-state index is -4.67. The molecule has 0 rings (SSSR count). The van der Waals surface area contributed by atoms with E-state index in [9.17, 15) is 0 Å². The van der Waals surface area contributed by atoms with Gasteiger partial charge < -0.3 is 31.2 Å². The maximum Gasteiger partial charge on any atom is 0.394 e. The Morgan fingerprint density at radius 1 is 0.947 bits per heavy atom. The highest BCUT2D eigenvalue weighted by molar-refractivity contribution is 7.79. The van der Waals surface area contributed by atoms with Gasteiger partial charge >= 0.3 is 10.4 Å². The van der Waals surface area contributed by atoms with E-state index in [1.54, 1.807) is 13.8 Å². The largest absolute Gasteiger partial charge is 0.394 e. The van der Waals surface area contributed by atoms with Gasteiger partial charge in [0.05, 0.1) is 26.4 Å². The molecule has 0 aliphatic heterocycles. The standard InChI is InChI=1S/2C4H11NO2.H2O4S/c2*1-4(5)7-3-2-6;1-5(2,3)4/h2*4,6H,2-3,5H2,1H3;(H2,1,2,3,4). The Morgan fingerprint density at radius 2 is 1.16 bits per heavy atom. The second-order valence-electron chi connectivity index (χ2n) is 3.05. The van der Waals surface area contributed by atoms with Gasteiger partial charge in [0, 0.05) is 0 Å². The van der Waals surface area contributed by atoms with Crippen LogP contribution in [-0.2, 0) is 19.9 Å². The summed E-state index contributed by atoms with van der Waals surface area (Å²) in [7, 11) is -4.67. The Bertz CT molecular complexity index is 237. The lowest BCUT2D eigenvalue weighted by molar-refractivity contribution is 0.0428. The quantitative estimate of drug-likeness (QED) is 0.235. The highest BCUT2D eigenvalue weighted by Crippen LogP contribution is 1.76. The van der Waals surface area contributed by atoms with Crippen LogP contribution in [-0.4, -0.2) is 66.6 Å². The van der Waals surface area contributed by atoms with Crippen LogP contribution < -0.4 is 11.5 Å². The first kappa shape index (κ1) is 23.7. The number of ether oxygens (including phenoxy) is 2. The summed E-state index contributed by atoms with van der Waals surface area (Å²) < 4.78 is 41.0.